The molecule has 1 aliphatic rings. The van der Waals surface area contributed by atoms with Crippen LogP contribution in [0.3, 0.4) is 0 Å². The third kappa shape index (κ3) is 2.78. The predicted molar refractivity (Wildman–Crippen MR) is 84.9 cm³/mol. The number of amides is 1. The van der Waals surface area contributed by atoms with Gasteiger partial charge in [-0.1, -0.05) is 11.6 Å². The van der Waals surface area contributed by atoms with Crippen molar-refractivity contribution in [2.45, 2.75) is 25.8 Å². The van der Waals surface area contributed by atoms with E-state index in [0.717, 1.165) is 31.5 Å². The molecule has 2 aromatic rings. The van der Waals surface area contributed by atoms with Gasteiger partial charge in [0, 0.05) is 19.3 Å². The number of hydrogen-bond acceptors (Lipinski definition) is 4. The Balaban J connectivity index is 1.65. The maximum atomic E-state index is 12.5. The number of carbonyl (C=O) groups excluding carboxylic acids is 1. The summed E-state index contributed by atoms with van der Waals surface area (Å²) in [6, 6.07) is 2.11. The minimum absolute atomic E-state index is 0.0385. The second-order valence-electron chi connectivity index (χ2n) is 5.31. The van der Waals surface area contributed by atoms with Gasteiger partial charge in [-0.05, 0) is 36.8 Å². The minimum atomic E-state index is 0.0385. The summed E-state index contributed by atoms with van der Waals surface area (Å²) >= 11 is 7.61. The smallest absolute Gasteiger partial charge is 0.265 e. The van der Waals surface area contributed by atoms with E-state index in [4.69, 9.17) is 17.3 Å². The number of rotatable bonds is 2. The van der Waals surface area contributed by atoms with Crippen LogP contribution in [0.2, 0.25) is 5.02 Å². The number of piperidine rings is 1. The Morgan fingerprint density at radius 3 is 2.71 bits per heavy atom. The van der Waals surface area contributed by atoms with E-state index in [2.05, 4.69) is 5.10 Å². The largest absolute Gasteiger partial charge is 0.382 e. The van der Waals surface area contributed by atoms with E-state index in [0.29, 0.717) is 21.8 Å². The Morgan fingerprint density at radius 2 is 2.19 bits per heavy atom. The van der Waals surface area contributed by atoms with Crippen LogP contribution in [0, 0.1) is 6.92 Å². The first-order valence-corrected chi connectivity index (χ1v) is 8.15. The summed E-state index contributed by atoms with van der Waals surface area (Å²) in [6.45, 7) is 3.36. The summed E-state index contributed by atoms with van der Waals surface area (Å²) in [6.07, 6.45) is 3.67. The average Bonchev–Trinajstić information content (AvgIpc) is 3.06. The number of hydrogen-bond donors (Lipinski definition) is 1. The molecule has 0 unspecified atom stereocenters. The molecule has 5 nitrogen and oxygen atoms in total. The highest BCUT2D eigenvalue weighted by Crippen LogP contribution is 2.30. The Hall–Kier alpha value is -1.53. The van der Waals surface area contributed by atoms with E-state index in [-0.39, 0.29) is 5.91 Å². The van der Waals surface area contributed by atoms with Gasteiger partial charge in [0.1, 0.15) is 10.7 Å². The van der Waals surface area contributed by atoms with Gasteiger partial charge in [-0.2, -0.15) is 5.10 Å². The molecule has 2 N–H and O–H groups in total. The number of nitrogens with zero attached hydrogens (tertiary/aromatic N) is 3. The van der Waals surface area contributed by atoms with E-state index in [1.54, 1.807) is 6.07 Å². The number of nitrogen functional groups attached to an aromatic ring is 1. The lowest BCUT2D eigenvalue weighted by Crippen LogP contribution is -2.39. The Labute approximate surface area is 132 Å². The molecular formula is C14H17ClN4OS. The number of thiophene rings is 1. The molecule has 21 heavy (non-hydrogen) atoms. The summed E-state index contributed by atoms with van der Waals surface area (Å²) in [4.78, 5) is 15.0. The molecule has 0 aliphatic carbocycles. The Morgan fingerprint density at radius 1 is 1.48 bits per heavy atom. The van der Waals surface area contributed by atoms with Crippen LogP contribution in [0.4, 0.5) is 5.82 Å². The predicted octanol–water partition coefficient (Wildman–Crippen LogP) is 2.97. The molecule has 0 atom stereocenters. The van der Waals surface area contributed by atoms with Crippen LogP contribution in [0.25, 0.3) is 0 Å². The molecular weight excluding hydrogens is 308 g/mol. The van der Waals surface area contributed by atoms with Crippen molar-refractivity contribution in [2.24, 2.45) is 0 Å². The van der Waals surface area contributed by atoms with Crippen LogP contribution < -0.4 is 5.73 Å². The molecule has 112 valence electrons. The zero-order chi connectivity index (χ0) is 15.0. The molecule has 7 heteroatoms. The standard InChI is InChI=1S/C14H17ClN4OS/c1-9-8-21-13(12(9)15)14(20)18-5-2-10(3-6-18)19-7-4-11(16)17-19/h4,7-8,10H,2-3,5-6H2,1H3,(H2,16,17). The van der Waals surface area contributed by atoms with E-state index in [1.807, 2.05) is 28.1 Å². The SMILES string of the molecule is Cc1csc(C(=O)N2CCC(n3ccc(N)n3)CC2)c1Cl. The number of likely N-dealkylation sites (tertiary alicyclic amines) is 1. The first kappa shape index (κ1) is 14.4. The minimum Gasteiger partial charge on any atom is -0.382 e. The highest BCUT2D eigenvalue weighted by atomic mass is 35.5. The fraction of sp³-hybridized carbons (Fsp3) is 0.429. The van der Waals surface area contributed by atoms with Crippen molar-refractivity contribution < 1.29 is 4.79 Å². The first-order valence-electron chi connectivity index (χ1n) is 6.89. The van der Waals surface area contributed by atoms with E-state index in [1.165, 1.54) is 11.3 Å². The van der Waals surface area contributed by atoms with Crippen LogP contribution in [-0.2, 0) is 0 Å². The molecule has 1 saturated heterocycles. The maximum Gasteiger partial charge on any atom is 0.265 e. The fourth-order valence-corrected chi connectivity index (χ4v) is 3.85. The van der Waals surface area contributed by atoms with Gasteiger partial charge >= 0.3 is 0 Å². The molecule has 2 aromatic heterocycles. The molecule has 1 fully saturated rings. The van der Waals surface area contributed by atoms with Gasteiger partial charge in [0.2, 0.25) is 0 Å². The summed E-state index contributed by atoms with van der Waals surface area (Å²) in [5.74, 6) is 0.575. The molecule has 1 aliphatic heterocycles. The molecule has 0 spiro atoms. The monoisotopic (exact) mass is 324 g/mol. The summed E-state index contributed by atoms with van der Waals surface area (Å²) in [5, 5.41) is 6.77. The van der Waals surface area contributed by atoms with Gasteiger partial charge in [-0.3, -0.25) is 9.48 Å². The Kier molecular flexibility index (Phi) is 3.91. The summed E-state index contributed by atoms with van der Waals surface area (Å²) < 4.78 is 1.90. The lowest BCUT2D eigenvalue weighted by Gasteiger charge is -2.31. The van der Waals surface area contributed by atoms with Gasteiger partial charge in [-0.15, -0.1) is 11.3 Å². The zero-order valence-corrected chi connectivity index (χ0v) is 13.3. The van der Waals surface area contributed by atoms with Crippen molar-refractivity contribution in [2.75, 3.05) is 18.8 Å². The first-order chi connectivity index (χ1) is 10.1. The lowest BCUT2D eigenvalue weighted by molar-refractivity contribution is 0.0695. The van der Waals surface area contributed by atoms with E-state index < -0.39 is 0 Å². The van der Waals surface area contributed by atoms with Crippen molar-refractivity contribution in [1.82, 2.24) is 14.7 Å². The molecule has 0 aromatic carbocycles. The fourth-order valence-electron chi connectivity index (χ4n) is 2.61. The van der Waals surface area contributed by atoms with Crippen LogP contribution >= 0.6 is 22.9 Å². The molecule has 0 saturated carbocycles. The average molecular weight is 325 g/mol. The number of carbonyl (C=O) groups is 1. The number of aromatic nitrogens is 2. The van der Waals surface area contributed by atoms with Crippen LogP contribution in [-0.4, -0.2) is 33.7 Å². The summed E-state index contributed by atoms with van der Waals surface area (Å²) in [7, 11) is 0. The van der Waals surface area contributed by atoms with Gasteiger partial charge in [0.05, 0.1) is 11.1 Å². The lowest BCUT2D eigenvalue weighted by atomic mass is 10.1. The molecule has 1 amide bonds. The van der Waals surface area contributed by atoms with E-state index >= 15 is 0 Å². The van der Waals surface area contributed by atoms with Crippen molar-refractivity contribution in [3.8, 4) is 0 Å². The van der Waals surface area contributed by atoms with Crippen LogP contribution in [0.1, 0.15) is 34.1 Å². The second-order valence-corrected chi connectivity index (χ2v) is 6.56. The van der Waals surface area contributed by atoms with Crippen molar-refractivity contribution in [3.05, 3.63) is 33.1 Å². The number of aryl methyl sites for hydroxylation is 1. The van der Waals surface area contributed by atoms with Gasteiger partial charge in [0.15, 0.2) is 0 Å². The molecule has 0 radical (unpaired) electrons. The highest BCUT2D eigenvalue weighted by Gasteiger charge is 2.27. The highest BCUT2D eigenvalue weighted by molar-refractivity contribution is 7.13. The second kappa shape index (κ2) is 5.69. The third-order valence-corrected chi connectivity index (χ3v) is 5.53. The van der Waals surface area contributed by atoms with Crippen LogP contribution in [0.5, 0.6) is 0 Å². The van der Waals surface area contributed by atoms with Gasteiger partial charge in [-0.25, -0.2) is 0 Å². The van der Waals surface area contributed by atoms with Crippen molar-refractivity contribution in [3.63, 3.8) is 0 Å². The van der Waals surface area contributed by atoms with Crippen molar-refractivity contribution >= 4 is 34.7 Å². The normalized spacial score (nSPS) is 16.4. The third-order valence-electron chi connectivity index (χ3n) is 3.85. The van der Waals surface area contributed by atoms with Crippen LogP contribution in [0.15, 0.2) is 17.6 Å². The van der Waals surface area contributed by atoms with Gasteiger partial charge < -0.3 is 10.6 Å². The number of anilines is 1. The zero-order valence-electron chi connectivity index (χ0n) is 11.8. The number of nitrogens with two attached hydrogens (primary N) is 1. The quantitative estimate of drug-likeness (QED) is 0.923. The number of halogens is 1. The molecule has 3 heterocycles. The molecule has 0 bridgehead atoms. The molecule has 3 rings (SSSR count). The van der Waals surface area contributed by atoms with Crippen molar-refractivity contribution in [1.29, 1.82) is 0 Å². The van der Waals surface area contributed by atoms with Gasteiger partial charge in [0.25, 0.3) is 5.91 Å². The van der Waals surface area contributed by atoms with E-state index in [9.17, 15) is 4.79 Å². The Bertz CT molecular complexity index is 658. The summed E-state index contributed by atoms with van der Waals surface area (Å²) in [5.41, 5.74) is 6.61. The topological polar surface area (TPSA) is 64.2 Å². The maximum absolute atomic E-state index is 12.5.